The molecule has 1 aromatic rings. The van der Waals surface area contributed by atoms with Crippen LogP contribution in [0.3, 0.4) is 0 Å². The summed E-state index contributed by atoms with van der Waals surface area (Å²) in [6.07, 6.45) is 1.59. The van der Waals surface area contributed by atoms with Gasteiger partial charge in [-0.3, -0.25) is 4.79 Å². The second-order valence-electron chi connectivity index (χ2n) is 5.35. The molecule has 1 aromatic carbocycles. The first kappa shape index (κ1) is 19.5. The number of nitrogens with zero attached hydrogens (tertiary/aromatic N) is 1. The lowest BCUT2D eigenvalue weighted by Gasteiger charge is -2.16. The molecular weight excluding hydrogens is 365 g/mol. The minimum Gasteiger partial charge on any atom is -0.462 e. The third-order valence-corrected chi connectivity index (χ3v) is 4.33. The molecule has 1 aliphatic rings. The number of allylic oxidation sites excluding steroid dienone is 1. The van der Waals surface area contributed by atoms with Crippen molar-refractivity contribution >= 4 is 41.2 Å². The summed E-state index contributed by atoms with van der Waals surface area (Å²) < 4.78 is 10.2. The third-order valence-electron chi connectivity index (χ3n) is 3.77. The standard InChI is InChI=1S/C18H19Cl2NO4/c1-4-25-18(23)16-11(2)21(7-8-24-3)17(22)14(16)9-12-5-6-13(19)10-15(12)20/h5-6,9-10H,4,7-8H2,1-3H3/b14-9+. The lowest BCUT2D eigenvalue weighted by atomic mass is 10.0. The molecule has 0 bridgehead atoms. The first-order chi connectivity index (χ1) is 11.9. The van der Waals surface area contributed by atoms with E-state index in [-0.39, 0.29) is 23.7 Å². The Hall–Kier alpha value is -1.82. The maximum Gasteiger partial charge on any atom is 0.340 e. The number of carbonyl (C=O) groups excluding carboxylic acids is 2. The second-order valence-corrected chi connectivity index (χ2v) is 6.20. The Bertz CT molecular complexity index is 755. The van der Waals surface area contributed by atoms with Crippen molar-refractivity contribution in [2.24, 2.45) is 0 Å². The summed E-state index contributed by atoms with van der Waals surface area (Å²) in [6, 6.07) is 4.95. The van der Waals surface area contributed by atoms with Gasteiger partial charge < -0.3 is 14.4 Å². The van der Waals surface area contributed by atoms with Crippen LogP contribution in [0.5, 0.6) is 0 Å². The maximum absolute atomic E-state index is 12.8. The topological polar surface area (TPSA) is 55.8 Å². The highest BCUT2D eigenvalue weighted by molar-refractivity contribution is 6.35. The molecule has 0 aromatic heterocycles. The smallest absolute Gasteiger partial charge is 0.340 e. The number of ether oxygens (including phenoxy) is 2. The number of methoxy groups -OCH3 is 1. The molecular formula is C18H19Cl2NO4. The lowest BCUT2D eigenvalue weighted by molar-refractivity contribution is -0.138. The maximum atomic E-state index is 12.8. The van der Waals surface area contributed by atoms with Gasteiger partial charge in [0.15, 0.2) is 0 Å². The molecule has 134 valence electrons. The Labute approximate surface area is 156 Å². The summed E-state index contributed by atoms with van der Waals surface area (Å²) in [5.74, 6) is -0.826. The monoisotopic (exact) mass is 383 g/mol. The zero-order valence-corrected chi connectivity index (χ0v) is 15.8. The van der Waals surface area contributed by atoms with Crippen molar-refractivity contribution in [1.82, 2.24) is 4.90 Å². The van der Waals surface area contributed by atoms with E-state index in [2.05, 4.69) is 0 Å². The predicted molar refractivity (Wildman–Crippen MR) is 97.4 cm³/mol. The molecule has 0 fully saturated rings. The van der Waals surface area contributed by atoms with Crippen LogP contribution >= 0.6 is 23.2 Å². The Morgan fingerprint density at radius 2 is 2.04 bits per heavy atom. The normalized spacial score (nSPS) is 16.1. The van der Waals surface area contributed by atoms with Crippen LogP contribution < -0.4 is 0 Å². The fraction of sp³-hybridized carbons (Fsp3) is 0.333. The van der Waals surface area contributed by atoms with Crippen molar-refractivity contribution in [3.8, 4) is 0 Å². The SMILES string of the molecule is CCOC(=O)C1=C(C)N(CCOC)C(=O)/C1=C/c1ccc(Cl)cc1Cl. The first-order valence-electron chi connectivity index (χ1n) is 7.76. The zero-order chi connectivity index (χ0) is 18.6. The summed E-state index contributed by atoms with van der Waals surface area (Å²) in [7, 11) is 1.55. The van der Waals surface area contributed by atoms with Crippen LogP contribution in [0.15, 0.2) is 35.0 Å². The van der Waals surface area contributed by atoms with E-state index in [0.717, 1.165) is 0 Å². The van der Waals surface area contributed by atoms with Crippen molar-refractivity contribution < 1.29 is 19.1 Å². The molecule has 5 nitrogen and oxygen atoms in total. The Kier molecular flexibility index (Phi) is 6.64. The Morgan fingerprint density at radius 1 is 1.32 bits per heavy atom. The molecule has 1 amide bonds. The van der Waals surface area contributed by atoms with Gasteiger partial charge in [0.25, 0.3) is 5.91 Å². The number of hydrogen-bond donors (Lipinski definition) is 0. The van der Waals surface area contributed by atoms with Gasteiger partial charge in [0.2, 0.25) is 0 Å². The number of rotatable bonds is 6. The average Bonchev–Trinajstić information content (AvgIpc) is 2.79. The van der Waals surface area contributed by atoms with Crippen LogP contribution in [0.1, 0.15) is 19.4 Å². The van der Waals surface area contributed by atoms with Gasteiger partial charge >= 0.3 is 5.97 Å². The van der Waals surface area contributed by atoms with E-state index in [1.54, 1.807) is 45.2 Å². The van der Waals surface area contributed by atoms with Gasteiger partial charge in [0.05, 0.1) is 24.4 Å². The van der Waals surface area contributed by atoms with Gasteiger partial charge in [-0.25, -0.2) is 4.79 Å². The van der Waals surface area contributed by atoms with Gasteiger partial charge in [0.1, 0.15) is 0 Å². The summed E-state index contributed by atoms with van der Waals surface area (Å²) >= 11 is 12.1. The van der Waals surface area contributed by atoms with Crippen molar-refractivity contribution in [2.75, 3.05) is 26.9 Å². The Balaban J connectivity index is 2.50. The van der Waals surface area contributed by atoms with E-state index < -0.39 is 5.97 Å². The van der Waals surface area contributed by atoms with Crippen molar-refractivity contribution in [2.45, 2.75) is 13.8 Å². The van der Waals surface area contributed by atoms with Gasteiger partial charge in [-0.05, 0) is 37.6 Å². The summed E-state index contributed by atoms with van der Waals surface area (Å²) in [5, 5.41) is 0.882. The van der Waals surface area contributed by atoms with Gasteiger partial charge in [-0.2, -0.15) is 0 Å². The minimum atomic E-state index is -0.537. The fourth-order valence-electron chi connectivity index (χ4n) is 2.56. The molecule has 2 rings (SSSR count). The largest absolute Gasteiger partial charge is 0.462 e. The van der Waals surface area contributed by atoms with Crippen LogP contribution in [0.25, 0.3) is 6.08 Å². The zero-order valence-electron chi connectivity index (χ0n) is 14.3. The highest BCUT2D eigenvalue weighted by Gasteiger charge is 2.37. The second kappa shape index (κ2) is 8.52. The molecule has 0 saturated heterocycles. The number of amides is 1. The van der Waals surface area contributed by atoms with E-state index >= 15 is 0 Å². The summed E-state index contributed by atoms with van der Waals surface area (Å²) in [5.41, 5.74) is 1.62. The van der Waals surface area contributed by atoms with E-state index in [4.69, 9.17) is 32.7 Å². The number of hydrogen-bond acceptors (Lipinski definition) is 4. The van der Waals surface area contributed by atoms with E-state index in [1.165, 1.54) is 4.90 Å². The first-order valence-corrected chi connectivity index (χ1v) is 8.52. The van der Waals surface area contributed by atoms with Gasteiger partial charge in [0, 0.05) is 29.4 Å². The van der Waals surface area contributed by atoms with E-state index in [9.17, 15) is 9.59 Å². The molecule has 0 aliphatic carbocycles. The highest BCUT2D eigenvalue weighted by Crippen LogP contribution is 2.33. The number of halogens is 2. The Morgan fingerprint density at radius 3 is 2.64 bits per heavy atom. The summed E-state index contributed by atoms with van der Waals surface area (Å²) in [4.78, 5) is 26.7. The molecule has 1 aliphatic heterocycles. The molecule has 0 N–H and O–H groups in total. The molecule has 7 heteroatoms. The third kappa shape index (κ3) is 4.24. The fourth-order valence-corrected chi connectivity index (χ4v) is 3.02. The number of carbonyl (C=O) groups is 2. The number of benzene rings is 1. The van der Waals surface area contributed by atoms with Crippen LogP contribution in [-0.2, 0) is 19.1 Å². The molecule has 0 unspecified atom stereocenters. The summed E-state index contributed by atoms with van der Waals surface area (Å²) in [6.45, 7) is 4.34. The molecule has 0 radical (unpaired) electrons. The van der Waals surface area contributed by atoms with Crippen LogP contribution in [-0.4, -0.2) is 43.6 Å². The molecule has 0 spiro atoms. The molecule has 1 heterocycles. The van der Waals surface area contributed by atoms with Crippen LogP contribution in [0.2, 0.25) is 10.0 Å². The highest BCUT2D eigenvalue weighted by atomic mass is 35.5. The van der Waals surface area contributed by atoms with Crippen molar-refractivity contribution in [3.63, 3.8) is 0 Å². The van der Waals surface area contributed by atoms with Crippen molar-refractivity contribution in [1.29, 1.82) is 0 Å². The van der Waals surface area contributed by atoms with Gasteiger partial charge in [-0.1, -0.05) is 29.3 Å². The van der Waals surface area contributed by atoms with E-state index in [1.807, 2.05) is 0 Å². The van der Waals surface area contributed by atoms with Gasteiger partial charge in [-0.15, -0.1) is 0 Å². The van der Waals surface area contributed by atoms with Crippen molar-refractivity contribution in [3.05, 3.63) is 50.7 Å². The predicted octanol–water partition coefficient (Wildman–Crippen LogP) is 3.70. The lowest BCUT2D eigenvalue weighted by Crippen LogP contribution is -2.28. The van der Waals surface area contributed by atoms with E-state index in [0.29, 0.717) is 34.5 Å². The number of esters is 1. The quantitative estimate of drug-likeness (QED) is 0.554. The minimum absolute atomic E-state index is 0.219. The van der Waals surface area contributed by atoms with Crippen LogP contribution in [0, 0.1) is 0 Å². The molecule has 25 heavy (non-hydrogen) atoms. The van der Waals surface area contributed by atoms with Crippen LogP contribution in [0.4, 0.5) is 0 Å². The molecule has 0 atom stereocenters. The molecule has 0 saturated carbocycles. The average molecular weight is 384 g/mol.